The largest absolute Gasteiger partial charge is 0.356 e. The maximum atomic E-state index is 13.3. The van der Waals surface area contributed by atoms with Gasteiger partial charge in [-0.25, -0.2) is 8.78 Å². The standard InChI is InChI=1S/C12H16F3N3O/c1-6(11(19)18-12(2,3)4)16-10-8(14)5-7(13)9(15)17-10/h5-6H,1-4H3,(H,16,17)(H,18,19). The summed E-state index contributed by atoms with van der Waals surface area (Å²) in [7, 11) is 0. The first-order valence-corrected chi connectivity index (χ1v) is 5.70. The second-order valence-corrected chi connectivity index (χ2v) is 5.20. The second kappa shape index (κ2) is 5.46. The van der Waals surface area contributed by atoms with Crippen LogP contribution in [0.15, 0.2) is 6.07 Å². The van der Waals surface area contributed by atoms with Gasteiger partial charge >= 0.3 is 0 Å². The van der Waals surface area contributed by atoms with E-state index in [9.17, 15) is 18.0 Å². The van der Waals surface area contributed by atoms with Gasteiger partial charge in [0.1, 0.15) is 6.04 Å². The van der Waals surface area contributed by atoms with E-state index in [-0.39, 0.29) is 0 Å². The van der Waals surface area contributed by atoms with Gasteiger partial charge in [-0.3, -0.25) is 4.79 Å². The van der Waals surface area contributed by atoms with E-state index < -0.39 is 40.9 Å². The van der Waals surface area contributed by atoms with Gasteiger partial charge in [0.15, 0.2) is 17.5 Å². The molecule has 0 aromatic carbocycles. The molecule has 1 rings (SSSR count). The van der Waals surface area contributed by atoms with Gasteiger partial charge in [-0.05, 0) is 27.7 Å². The van der Waals surface area contributed by atoms with Gasteiger partial charge < -0.3 is 10.6 Å². The molecule has 1 aromatic heterocycles. The Morgan fingerprint density at radius 2 is 1.84 bits per heavy atom. The minimum absolute atomic E-state index is 0.374. The van der Waals surface area contributed by atoms with Gasteiger partial charge in [0.2, 0.25) is 5.91 Å². The fourth-order valence-corrected chi connectivity index (χ4v) is 1.29. The SMILES string of the molecule is CC(Nc1nc(F)c(F)cc1F)C(=O)NC(C)(C)C. The van der Waals surface area contributed by atoms with Crippen molar-refractivity contribution in [1.29, 1.82) is 0 Å². The monoisotopic (exact) mass is 275 g/mol. The van der Waals surface area contributed by atoms with Gasteiger partial charge in [-0.1, -0.05) is 0 Å². The molecule has 0 aliphatic rings. The molecule has 0 spiro atoms. The summed E-state index contributed by atoms with van der Waals surface area (Å²) >= 11 is 0. The number of hydrogen-bond donors (Lipinski definition) is 2. The number of halogens is 3. The van der Waals surface area contributed by atoms with E-state index in [1.54, 1.807) is 20.8 Å². The molecule has 0 radical (unpaired) electrons. The Morgan fingerprint density at radius 3 is 2.37 bits per heavy atom. The predicted molar refractivity (Wildman–Crippen MR) is 65.1 cm³/mol. The maximum absolute atomic E-state index is 13.3. The molecule has 0 bridgehead atoms. The van der Waals surface area contributed by atoms with Crippen molar-refractivity contribution >= 4 is 11.7 Å². The van der Waals surface area contributed by atoms with E-state index in [1.807, 2.05) is 0 Å². The summed E-state index contributed by atoms with van der Waals surface area (Å²) in [4.78, 5) is 14.8. The van der Waals surface area contributed by atoms with Crippen LogP contribution in [0.5, 0.6) is 0 Å². The van der Waals surface area contributed by atoms with Crippen molar-refractivity contribution in [3.8, 4) is 0 Å². The highest BCUT2D eigenvalue weighted by molar-refractivity contribution is 5.84. The second-order valence-electron chi connectivity index (χ2n) is 5.20. The molecular weight excluding hydrogens is 259 g/mol. The van der Waals surface area contributed by atoms with Crippen molar-refractivity contribution < 1.29 is 18.0 Å². The molecule has 1 aromatic rings. The van der Waals surface area contributed by atoms with Crippen molar-refractivity contribution in [3.63, 3.8) is 0 Å². The van der Waals surface area contributed by atoms with Crippen LogP contribution in [0.3, 0.4) is 0 Å². The summed E-state index contributed by atoms with van der Waals surface area (Å²) in [5.74, 6) is -4.77. The van der Waals surface area contributed by atoms with Crippen LogP contribution in [0.4, 0.5) is 19.0 Å². The lowest BCUT2D eigenvalue weighted by molar-refractivity contribution is -0.122. The Bertz CT molecular complexity index is 486. The maximum Gasteiger partial charge on any atom is 0.251 e. The third-order valence-corrected chi connectivity index (χ3v) is 2.13. The Kier molecular flexibility index (Phi) is 4.39. The molecule has 1 heterocycles. The van der Waals surface area contributed by atoms with E-state index >= 15 is 0 Å². The average Bonchev–Trinajstić information content (AvgIpc) is 2.23. The van der Waals surface area contributed by atoms with Gasteiger partial charge in [-0.15, -0.1) is 0 Å². The molecule has 0 aliphatic carbocycles. The average molecular weight is 275 g/mol. The fourth-order valence-electron chi connectivity index (χ4n) is 1.29. The highest BCUT2D eigenvalue weighted by Gasteiger charge is 2.21. The molecule has 19 heavy (non-hydrogen) atoms. The molecule has 106 valence electrons. The lowest BCUT2D eigenvalue weighted by Gasteiger charge is -2.24. The Labute approximate surface area is 109 Å². The quantitative estimate of drug-likeness (QED) is 0.832. The normalized spacial score (nSPS) is 13.0. The summed E-state index contributed by atoms with van der Waals surface area (Å²) in [5, 5.41) is 5.06. The molecule has 0 aliphatic heterocycles. The van der Waals surface area contributed by atoms with Gasteiger partial charge in [-0.2, -0.15) is 9.37 Å². The molecule has 1 unspecified atom stereocenters. The number of nitrogens with zero attached hydrogens (tertiary/aromatic N) is 1. The Balaban J connectivity index is 2.80. The number of hydrogen-bond acceptors (Lipinski definition) is 3. The molecule has 0 saturated heterocycles. The first-order valence-electron chi connectivity index (χ1n) is 5.70. The third kappa shape index (κ3) is 4.42. The molecule has 0 saturated carbocycles. The van der Waals surface area contributed by atoms with Crippen LogP contribution in [0, 0.1) is 17.6 Å². The number of anilines is 1. The first-order chi connectivity index (χ1) is 8.60. The minimum atomic E-state index is -1.42. The number of amides is 1. The lowest BCUT2D eigenvalue weighted by Crippen LogP contribution is -2.47. The van der Waals surface area contributed by atoms with Crippen LogP contribution >= 0.6 is 0 Å². The highest BCUT2D eigenvalue weighted by atomic mass is 19.2. The van der Waals surface area contributed by atoms with E-state index in [1.165, 1.54) is 6.92 Å². The molecule has 7 heteroatoms. The van der Waals surface area contributed by atoms with Gasteiger partial charge in [0, 0.05) is 11.6 Å². The number of aromatic nitrogens is 1. The van der Waals surface area contributed by atoms with E-state index in [0.29, 0.717) is 6.07 Å². The summed E-state index contributed by atoms with van der Waals surface area (Å²) in [5.41, 5.74) is -0.451. The molecule has 0 fully saturated rings. The fraction of sp³-hybridized carbons (Fsp3) is 0.500. The first kappa shape index (κ1) is 15.3. The summed E-state index contributed by atoms with van der Waals surface area (Å²) in [6.07, 6.45) is 0. The summed E-state index contributed by atoms with van der Waals surface area (Å²) < 4.78 is 38.9. The van der Waals surface area contributed by atoms with E-state index in [4.69, 9.17) is 0 Å². The van der Waals surface area contributed by atoms with Crippen molar-refractivity contribution in [1.82, 2.24) is 10.3 Å². The van der Waals surface area contributed by atoms with Gasteiger partial charge in [0.25, 0.3) is 5.95 Å². The smallest absolute Gasteiger partial charge is 0.251 e. The molecule has 1 atom stereocenters. The summed E-state index contributed by atoms with van der Waals surface area (Å²) in [6, 6.07) is -0.468. The molecule has 2 N–H and O–H groups in total. The molecule has 4 nitrogen and oxygen atoms in total. The Morgan fingerprint density at radius 1 is 1.26 bits per heavy atom. The third-order valence-electron chi connectivity index (χ3n) is 2.13. The van der Waals surface area contributed by atoms with E-state index in [2.05, 4.69) is 15.6 Å². The molecule has 1 amide bonds. The number of carbonyl (C=O) groups is 1. The number of rotatable bonds is 3. The highest BCUT2D eigenvalue weighted by Crippen LogP contribution is 2.15. The van der Waals surface area contributed by atoms with E-state index in [0.717, 1.165) is 0 Å². The zero-order chi connectivity index (χ0) is 14.8. The minimum Gasteiger partial charge on any atom is -0.356 e. The number of pyridine rings is 1. The van der Waals surface area contributed by atoms with Gasteiger partial charge in [0.05, 0.1) is 0 Å². The predicted octanol–water partition coefficient (Wildman–Crippen LogP) is 2.21. The Hall–Kier alpha value is -1.79. The van der Waals surface area contributed by atoms with Crippen LogP contribution in [0.1, 0.15) is 27.7 Å². The summed E-state index contributed by atoms with van der Waals surface area (Å²) in [6.45, 7) is 6.82. The van der Waals surface area contributed by atoms with Crippen LogP contribution in [0.2, 0.25) is 0 Å². The van der Waals surface area contributed by atoms with Crippen LogP contribution in [-0.2, 0) is 4.79 Å². The van der Waals surface area contributed by atoms with Crippen molar-refractivity contribution in [2.24, 2.45) is 0 Å². The van der Waals surface area contributed by atoms with Crippen LogP contribution < -0.4 is 10.6 Å². The zero-order valence-corrected chi connectivity index (χ0v) is 11.1. The molecular formula is C12H16F3N3O. The van der Waals surface area contributed by atoms with Crippen molar-refractivity contribution in [2.45, 2.75) is 39.3 Å². The number of nitrogens with one attached hydrogen (secondary N) is 2. The van der Waals surface area contributed by atoms with Crippen molar-refractivity contribution in [3.05, 3.63) is 23.6 Å². The topological polar surface area (TPSA) is 54.0 Å². The van der Waals surface area contributed by atoms with Crippen LogP contribution in [-0.4, -0.2) is 22.5 Å². The van der Waals surface area contributed by atoms with Crippen LogP contribution in [0.25, 0.3) is 0 Å². The lowest BCUT2D eigenvalue weighted by atomic mass is 10.1. The van der Waals surface area contributed by atoms with Crippen molar-refractivity contribution in [2.75, 3.05) is 5.32 Å². The number of carbonyl (C=O) groups excluding carboxylic acids is 1. The zero-order valence-electron chi connectivity index (χ0n) is 11.1.